The van der Waals surface area contributed by atoms with Crippen LogP contribution in [0.15, 0.2) is 12.2 Å². The van der Waals surface area contributed by atoms with Crippen molar-refractivity contribution in [1.82, 2.24) is 0 Å². The van der Waals surface area contributed by atoms with E-state index in [2.05, 4.69) is 19.1 Å². The van der Waals surface area contributed by atoms with Crippen molar-refractivity contribution in [2.45, 2.75) is 161 Å². The van der Waals surface area contributed by atoms with Crippen LogP contribution in [-0.2, 0) is 4.79 Å². The fourth-order valence-corrected chi connectivity index (χ4v) is 4.11. The molecule has 0 aromatic rings. The van der Waals surface area contributed by atoms with Gasteiger partial charge >= 0.3 is 5.97 Å². The van der Waals surface area contributed by atoms with E-state index in [0.717, 1.165) is 12.8 Å². The van der Waals surface area contributed by atoms with Crippen molar-refractivity contribution in [3.63, 3.8) is 0 Å². The van der Waals surface area contributed by atoms with Crippen molar-refractivity contribution in [2.75, 3.05) is 0 Å². The van der Waals surface area contributed by atoms with E-state index in [0.29, 0.717) is 6.42 Å². The fourth-order valence-electron chi connectivity index (χ4n) is 4.11. The van der Waals surface area contributed by atoms with E-state index in [9.17, 15) is 4.79 Å². The first-order chi connectivity index (χ1) is 14.8. The van der Waals surface area contributed by atoms with Crippen LogP contribution in [0.4, 0.5) is 0 Å². The van der Waals surface area contributed by atoms with E-state index in [-0.39, 0.29) is 0 Å². The monoisotopic (exact) mass is 422 g/mol. The lowest BCUT2D eigenvalue weighted by Crippen LogP contribution is -1.93. The average Bonchev–Trinajstić information content (AvgIpc) is 2.73. The molecule has 178 valence electrons. The molecule has 0 saturated carbocycles. The van der Waals surface area contributed by atoms with Gasteiger partial charge < -0.3 is 5.11 Å². The highest BCUT2D eigenvalue weighted by atomic mass is 16.4. The molecule has 1 N–H and O–H groups in total. The lowest BCUT2D eigenvalue weighted by Gasteiger charge is -2.03. The third-order valence-electron chi connectivity index (χ3n) is 6.15. The Morgan fingerprint density at radius 2 is 0.800 bits per heavy atom. The molecule has 0 fully saturated rings. The van der Waals surface area contributed by atoms with Gasteiger partial charge in [0.15, 0.2) is 0 Å². The number of allylic oxidation sites excluding steroid dienone is 2. The predicted molar refractivity (Wildman–Crippen MR) is 133 cm³/mol. The van der Waals surface area contributed by atoms with Gasteiger partial charge in [0.1, 0.15) is 0 Å². The molecule has 30 heavy (non-hydrogen) atoms. The molecule has 0 heterocycles. The molecule has 0 bridgehead atoms. The first-order valence-corrected chi connectivity index (χ1v) is 13.6. The molecule has 0 saturated heterocycles. The van der Waals surface area contributed by atoms with Crippen LogP contribution < -0.4 is 0 Å². The lowest BCUT2D eigenvalue weighted by molar-refractivity contribution is -0.137. The second-order valence-electron chi connectivity index (χ2n) is 9.26. The molecule has 0 aromatic carbocycles. The topological polar surface area (TPSA) is 37.3 Å². The van der Waals surface area contributed by atoms with Gasteiger partial charge in [0.05, 0.1) is 0 Å². The maximum Gasteiger partial charge on any atom is 0.303 e. The zero-order valence-corrected chi connectivity index (χ0v) is 20.5. The van der Waals surface area contributed by atoms with Crippen LogP contribution in [0.1, 0.15) is 161 Å². The van der Waals surface area contributed by atoms with Crippen LogP contribution >= 0.6 is 0 Å². The van der Waals surface area contributed by atoms with Gasteiger partial charge in [0, 0.05) is 6.42 Å². The van der Waals surface area contributed by atoms with E-state index < -0.39 is 5.97 Å². The highest BCUT2D eigenvalue weighted by Crippen LogP contribution is 2.14. The van der Waals surface area contributed by atoms with Crippen molar-refractivity contribution < 1.29 is 9.90 Å². The standard InChI is InChI=1S/C28H54O2/c1-2-3-4-5-6-7-8-9-10-11-12-13-14-15-16-17-18-19-20-21-22-23-24-25-26-27-28(29)30/h7-8H,2-6,9-27H2,1H3,(H,29,30)/b8-7+. The molecule has 0 aliphatic carbocycles. The van der Waals surface area contributed by atoms with Crippen LogP contribution in [-0.4, -0.2) is 11.1 Å². The number of aliphatic carboxylic acids is 1. The number of hydrogen-bond donors (Lipinski definition) is 1. The number of carboxylic acid groups (broad SMARTS) is 1. The molecule has 0 radical (unpaired) electrons. The Balaban J connectivity index is 3.05. The lowest BCUT2D eigenvalue weighted by atomic mass is 10.0. The van der Waals surface area contributed by atoms with Crippen molar-refractivity contribution in [3.05, 3.63) is 12.2 Å². The van der Waals surface area contributed by atoms with E-state index >= 15 is 0 Å². The smallest absolute Gasteiger partial charge is 0.303 e. The molecule has 0 amide bonds. The summed E-state index contributed by atoms with van der Waals surface area (Å²) in [5, 5.41) is 8.59. The predicted octanol–water partition coefficient (Wildman–Crippen LogP) is 10.0. The summed E-state index contributed by atoms with van der Waals surface area (Å²) >= 11 is 0. The van der Waals surface area contributed by atoms with Gasteiger partial charge in [-0.2, -0.15) is 0 Å². The van der Waals surface area contributed by atoms with E-state index in [1.807, 2.05) is 0 Å². The molecule has 2 nitrogen and oxygen atoms in total. The zero-order valence-electron chi connectivity index (χ0n) is 20.5. The number of unbranched alkanes of at least 4 members (excludes halogenated alkanes) is 21. The van der Waals surface area contributed by atoms with Gasteiger partial charge in [-0.15, -0.1) is 0 Å². The summed E-state index contributed by atoms with van der Waals surface area (Å²) in [5.74, 6) is -0.651. The van der Waals surface area contributed by atoms with Crippen LogP contribution in [0.3, 0.4) is 0 Å². The molecule has 0 spiro atoms. The van der Waals surface area contributed by atoms with E-state index in [1.54, 1.807) is 0 Å². The van der Waals surface area contributed by atoms with Gasteiger partial charge in [-0.25, -0.2) is 0 Å². The first-order valence-electron chi connectivity index (χ1n) is 13.6. The third kappa shape index (κ3) is 27.2. The molecule has 0 aliphatic rings. The highest BCUT2D eigenvalue weighted by molar-refractivity contribution is 5.66. The van der Waals surface area contributed by atoms with Crippen LogP contribution in [0.2, 0.25) is 0 Å². The second kappa shape index (κ2) is 26.2. The molecule has 0 rings (SSSR count). The van der Waals surface area contributed by atoms with Crippen LogP contribution in [0, 0.1) is 0 Å². The molecule has 0 aliphatic heterocycles. The minimum absolute atomic E-state index is 0.344. The van der Waals surface area contributed by atoms with Crippen molar-refractivity contribution in [2.24, 2.45) is 0 Å². The third-order valence-corrected chi connectivity index (χ3v) is 6.15. The Bertz CT molecular complexity index is 362. The Hall–Kier alpha value is -0.790. The van der Waals surface area contributed by atoms with Crippen LogP contribution in [0.25, 0.3) is 0 Å². The summed E-state index contributed by atoms with van der Waals surface area (Å²) in [5.41, 5.74) is 0. The minimum Gasteiger partial charge on any atom is -0.481 e. The first kappa shape index (κ1) is 29.2. The number of carbonyl (C=O) groups is 1. The Labute approximate surface area is 189 Å². The summed E-state index contributed by atoms with van der Waals surface area (Å²) in [4.78, 5) is 10.4. The Morgan fingerprint density at radius 1 is 0.500 bits per heavy atom. The quantitative estimate of drug-likeness (QED) is 0.117. The normalized spacial score (nSPS) is 11.5. The molecule has 2 heteroatoms. The van der Waals surface area contributed by atoms with Gasteiger partial charge in [0.2, 0.25) is 0 Å². The van der Waals surface area contributed by atoms with Crippen LogP contribution in [0.5, 0.6) is 0 Å². The van der Waals surface area contributed by atoms with Gasteiger partial charge in [-0.3, -0.25) is 4.79 Å². The molecular weight excluding hydrogens is 368 g/mol. The Morgan fingerprint density at radius 3 is 1.13 bits per heavy atom. The summed E-state index contributed by atoms with van der Waals surface area (Å²) < 4.78 is 0. The number of hydrogen-bond acceptors (Lipinski definition) is 1. The number of carboxylic acids is 1. The van der Waals surface area contributed by atoms with Gasteiger partial charge in [-0.05, 0) is 32.1 Å². The van der Waals surface area contributed by atoms with E-state index in [4.69, 9.17) is 5.11 Å². The summed E-state index contributed by atoms with van der Waals surface area (Å²) in [6.45, 7) is 2.28. The van der Waals surface area contributed by atoms with Gasteiger partial charge in [-0.1, -0.05) is 135 Å². The summed E-state index contributed by atoms with van der Waals surface area (Å²) in [7, 11) is 0. The van der Waals surface area contributed by atoms with Crippen molar-refractivity contribution >= 4 is 5.97 Å². The fraction of sp³-hybridized carbons (Fsp3) is 0.893. The van der Waals surface area contributed by atoms with Crippen molar-refractivity contribution in [1.29, 1.82) is 0 Å². The largest absolute Gasteiger partial charge is 0.481 e. The molecule has 0 aromatic heterocycles. The second-order valence-corrected chi connectivity index (χ2v) is 9.26. The van der Waals surface area contributed by atoms with Gasteiger partial charge in [0.25, 0.3) is 0 Å². The Kier molecular flexibility index (Phi) is 25.6. The summed E-state index contributed by atoms with van der Waals surface area (Å²) in [6.07, 6.45) is 36.0. The molecular formula is C28H54O2. The SMILES string of the molecule is CCCCCC/C=C/CCCCCCCCCCCCCCCCCCCC(=O)O. The average molecular weight is 423 g/mol. The molecule has 0 atom stereocenters. The highest BCUT2D eigenvalue weighted by Gasteiger charge is 1.97. The maximum absolute atomic E-state index is 10.4. The molecule has 0 unspecified atom stereocenters. The zero-order chi connectivity index (χ0) is 22.0. The summed E-state index contributed by atoms with van der Waals surface area (Å²) in [6, 6.07) is 0. The van der Waals surface area contributed by atoms with Crippen molar-refractivity contribution in [3.8, 4) is 0 Å². The maximum atomic E-state index is 10.4. The number of rotatable bonds is 25. The van der Waals surface area contributed by atoms with E-state index in [1.165, 1.54) is 135 Å². The minimum atomic E-state index is -0.651.